The maximum atomic E-state index is 13.5. The van der Waals surface area contributed by atoms with Gasteiger partial charge in [-0.2, -0.15) is 0 Å². The Labute approximate surface area is 105 Å². The SMILES string of the molecule is COc1ccc(F)c(NC(=O)C2CNCCN2)c1. The van der Waals surface area contributed by atoms with Crippen LogP contribution in [0.5, 0.6) is 5.75 Å². The first-order chi connectivity index (χ1) is 8.70. The van der Waals surface area contributed by atoms with Crippen molar-refractivity contribution in [3.05, 3.63) is 24.0 Å². The summed E-state index contributed by atoms with van der Waals surface area (Å²) in [4.78, 5) is 11.9. The molecular weight excluding hydrogens is 237 g/mol. The Bertz CT molecular complexity index is 433. The van der Waals surface area contributed by atoms with E-state index < -0.39 is 5.82 Å². The Balaban J connectivity index is 2.05. The molecule has 1 aromatic rings. The van der Waals surface area contributed by atoms with E-state index in [2.05, 4.69) is 16.0 Å². The van der Waals surface area contributed by atoms with E-state index in [4.69, 9.17) is 4.74 Å². The highest BCUT2D eigenvalue weighted by molar-refractivity contribution is 5.95. The highest BCUT2D eigenvalue weighted by atomic mass is 19.1. The quantitative estimate of drug-likeness (QED) is 0.726. The van der Waals surface area contributed by atoms with Crippen molar-refractivity contribution in [3.8, 4) is 5.75 Å². The van der Waals surface area contributed by atoms with Gasteiger partial charge in [0.2, 0.25) is 5.91 Å². The first kappa shape index (κ1) is 12.8. The van der Waals surface area contributed by atoms with Crippen LogP contribution in [0.4, 0.5) is 10.1 Å². The minimum Gasteiger partial charge on any atom is -0.497 e. The third-order valence-electron chi connectivity index (χ3n) is 2.79. The molecule has 1 heterocycles. The first-order valence-electron chi connectivity index (χ1n) is 5.79. The van der Waals surface area contributed by atoms with Gasteiger partial charge in [0.1, 0.15) is 11.6 Å². The van der Waals surface area contributed by atoms with Gasteiger partial charge in [0.15, 0.2) is 0 Å². The highest BCUT2D eigenvalue weighted by Crippen LogP contribution is 2.21. The third kappa shape index (κ3) is 2.96. The molecule has 18 heavy (non-hydrogen) atoms. The van der Waals surface area contributed by atoms with E-state index in [9.17, 15) is 9.18 Å². The molecule has 1 atom stereocenters. The maximum absolute atomic E-state index is 13.5. The lowest BCUT2D eigenvalue weighted by Gasteiger charge is -2.23. The Kier molecular flexibility index (Phi) is 4.11. The van der Waals surface area contributed by atoms with Crippen LogP contribution >= 0.6 is 0 Å². The minimum atomic E-state index is -0.479. The number of ether oxygens (including phenoxy) is 1. The van der Waals surface area contributed by atoms with Gasteiger partial charge in [0, 0.05) is 25.7 Å². The van der Waals surface area contributed by atoms with E-state index in [0.717, 1.165) is 13.1 Å². The van der Waals surface area contributed by atoms with Gasteiger partial charge in [-0.3, -0.25) is 4.79 Å². The molecule has 2 rings (SSSR count). The molecule has 1 amide bonds. The van der Waals surface area contributed by atoms with Crippen LogP contribution in [0.2, 0.25) is 0 Å². The third-order valence-corrected chi connectivity index (χ3v) is 2.79. The molecule has 1 aliphatic heterocycles. The van der Waals surface area contributed by atoms with Crippen LogP contribution in [0, 0.1) is 5.82 Å². The molecule has 1 fully saturated rings. The Morgan fingerprint density at radius 2 is 2.33 bits per heavy atom. The second-order valence-corrected chi connectivity index (χ2v) is 4.05. The number of piperazine rings is 1. The number of amides is 1. The van der Waals surface area contributed by atoms with E-state index in [1.807, 2.05) is 0 Å². The molecule has 0 saturated carbocycles. The van der Waals surface area contributed by atoms with E-state index in [1.165, 1.54) is 25.3 Å². The van der Waals surface area contributed by atoms with Gasteiger partial charge in [-0.15, -0.1) is 0 Å². The van der Waals surface area contributed by atoms with E-state index in [-0.39, 0.29) is 17.6 Å². The topological polar surface area (TPSA) is 62.4 Å². The minimum absolute atomic E-state index is 0.131. The van der Waals surface area contributed by atoms with Gasteiger partial charge in [0.25, 0.3) is 0 Å². The van der Waals surface area contributed by atoms with E-state index in [0.29, 0.717) is 12.3 Å². The number of rotatable bonds is 3. The van der Waals surface area contributed by atoms with E-state index >= 15 is 0 Å². The second-order valence-electron chi connectivity index (χ2n) is 4.05. The molecule has 1 saturated heterocycles. The number of benzene rings is 1. The first-order valence-corrected chi connectivity index (χ1v) is 5.79. The zero-order valence-corrected chi connectivity index (χ0v) is 10.1. The van der Waals surface area contributed by atoms with Gasteiger partial charge in [-0.25, -0.2) is 4.39 Å². The fraction of sp³-hybridized carbons (Fsp3) is 0.417. The summed E-state index contributed by atoms with van der Waals surface area (Å²) >= 11 is 0. The molecule has 98 valence electrons. The molecule has 0 aliphatic carbocycles. The van der Waals surface area contributed by atoms with Gasteiger partial charge >= 0.3 is 0 Å². The van der Waals surface area contributed by atoms with Crippen LogP contribution in [-0.4, -0.2) is 38.7 Å². The van der Waals surface area contributed by atoms with Crippen molar-refractivity contribution >= 4 is 11.6 Å². The summed E-state index contributed by atoms with van der Waals surface area (Å²) in [5.74, 6) is -0.233. The number of hydrogen-bond acceptors (Lipinski definition) is 4. The summed E-state index contributed by atoms with van der Waals surface area (Å²) in [6, 6.07) is 3.89. The summed E-state index contributed by atoms with van der Waals surface area (Å²) < 4.78 is 18.5. The summed E-state index contributed by atoms with van der Waals surface area (Å²) in [6.07, 6.45) is 0. The highest BCUT2D eigenvalue weighted by Gasteiger charge is 2.21. The number of carbonyl (C=O) groups is 1. The average molecular weight is 253 g/mol. The van der Waals surface area contributed by atoms with Crippen molar-refractivity contribution in [1.29, 1.82) is 0 Å². The summed E-state index contributed by atoms with van der Waals surface area (Å²) in [7, 11) is 1.49. The second kappa shape index (κ2) is 5.79. The van der Waals surface area contributed by atoms with Crippen molar-refractivity contribution in [2.45, 2.75) is 6.04 Å². The normalized spacial score (nSPS) is 19.3. The van der Waals surface area contributed by atoms with Gasteiger partial charge in [0.05, 0.1) is 18.8 Å². The number of hydrogen-bond donors (Lipinski definition) is 3. The van der Waals surface area contributed by atoms with Crippen LogP contribution in [0.1, 0.15) is 0 Å². The molecule has 0 bridgehead atoms. The molecule has 0 aromatic heterocycles. The molecule has 1 unspecified atom stereocenters. The monoisotopic (exact) mass is 253 g/mol. The van der Waals surface area contributed by atoms with Crippen molar-refractivity contribution in [2.75, 3.05) is 32.1 Å². The maximum Gasteiger partial charge on any atom is 0.242 e. The van der Waals surface area contributed by atoms with Crippen LogP contribution in [0.25, 0.3) is 0 Å². The van der Waals surface area contributed by atoms with Crippen molar-refractivity contribution in [3.63, 3.8) is 0 Å². The molecule has 0 spiro atoms. The Morgan fingerprint density at radius 1 is 1.50 bits per heavy atom. The molecule has 3 N–H and O–H groups in total. The van der Waals surface area contributed by atoms with Crippen molar-refractivity contribution in [2.24, 2.45) is 0 Å². The predicted molar refractivity (Wildman–Crippen MR) is 66.2 cm³/mol. The average Bonchev–Trinajstić information content (AvgIpc) is 2.42. The molecule has 6 heteroatoms. The number of methoxy groups -OCH3 is 1. The van der Waals surface area contributed by atoms with Crippen LogP contribution in [0.15, 0.2) is 18.2 Å². The Morgan fingerprint density at radius 3 is 3.00 bits per heavy atom. The molecular formula is C12H16FN3O2. The van der Waals surface area contributed by atoms with Crippen molar-refractivity contribution in [1.82, 2.24) is 10.6 Å². The Hall–Kier alpha value is -1.66. The van der Waals surface area contributed by atoms with Crippen LogP contribution in [-0.2, 0) is 4.79 Å². The molecule has 1 aromatic carbocycles. The fourth-order valence-electron chi connectivity index (χ4n) is 1.79. The number of anilines is 1. The number of carbonyl (C=O) groups excluding carboxylic acids is 1. The number of nitrogens with one attached hydrogen (secondary N) is 3. The standard InChI is InChI=1S/C12H16FN3O2/c1-18-8-2-3-9(13)10(6-8)16-12(17)11-7-14-4-5-15-11/h2-3,6,11,14-15H,4-5,7H2,1H3,(H,16,17). The van der Waals surface area contributed by atoms with Gasteiger partial charge < -0.3 is 20.7 Å². The molecule has 1 aliphatic rings. The smallest absolute Gasteiger partial charge is 0.242 e. The summed E-state index contributed by atoms with van der Waals surface area (Å²) in [5.41, 5.74) is 0.131. The fourth-order valence-corrected chi connectivity index (χ4v) is 1.79. The summed E-state index contributed by atoms with van der Waals surface area (Å²) in [6.45, 7) is 2.09. The lowest BCUT2D eigenvalue weighted by atomic mass is 10.2. The number of halogens is 1. The van der Waals surface area contributed by atoms with Gasteiger partial charge in [-0.1, -0.05) is 0 Å². The summed E-state index contributed by atoms with van der Waals surface area (Å²) in [5, 5.41) is 8.71. The zero-order chi connectivity index (χ0) is 13.0. The molecule has 5 nitrogen and oxygen atoms in total. The van der Waals surface area contributed by atoms with Crippen LogP contribution < -0.4 is 20.7 Å². The van der Waals surface area contributed by atoms with Crippen LogP contribution in [0.3, 0.4) is 0 Å². The lowest BCUT2D eigenvalue weighted by Crippen LogP contribution is -2.54. The lowest BCUT2D eigenvalue weighted by molar-refractivity contribution is -0.118. The predicted octanol–water partition coefficient (Wildman–Crippen LogP) is 0.334. The molecule has 0 radical (unpaired) electrons. The van der Waals surface area contributed by atoms with E-state index in [1.54, 1.807) is 0 Å². The zero-order valence-electron chi connectivity index (χ0n) is 10.1. The van der Waals surface area contributed by atoms with Gasteiger partial charge in [-0.05, 0) is 12.1 Å². The van der Waals surface area contributed by atoms with Crippen molar-refractivity contribution < 1.29 is 13.9 Å². The largest absolute Gasteiger partial charge is 0.497 e.